The van der Waals surface area contributed by atoms with Crippen LogP contribution in [0.3, 0.4) is 0 Å². The first kappa shape index (κ1) is 20.4. The Kier molecular flexibility index (Phi) is 8.23. The first-order chi connectivity index (χ1) is 13.1. The summed E-state index contributed by atoms with van der Waals surface area (Å²) < 4.78 is 16.6. The number of methoxy groups -OCH3 is 1. The largest absolute Gasteiger partial charge is 0.493 e. The van der Waals surface area contributed by atoms with Crippen LogP contribution in [0.4, 0.5) is 0 Å². The topological polar surface area (TPSA) is 56.8 Å². The molecule has 0 saturated heterocycles. The predicted octanol–water partition coefficient (Wildman–Crippen LogP) is 3.94. The molecule has 5 heteroatoms. The summed E-state index contributed by atoms with van der Waals surface area (Å²) in [5.41, 5.74) is 0.861. The number of nitrogens with one attached hydrogen (secondary N) is 1. The summed E-state index contributed by atoms with van der Waals surface area (Å²) in [4.78, 5) is 11.9. The molecule has 2 aromatic carbocycles. The summed E-state index contributed by atoms with van der Waals surface area (Å²) in [7, 11) is 1.60. The van der Waals surface area contributed by atoms with E-state index in [2.05, 4.69) is 19.2 Å². The smallest absolute Gasteiger partial charge is 0.244 e. The Hall–Kier alpha value is -2.95. The lowest BCUT2D eigenvalue weighted by Gasteiger charge is -2.12. The van der Waals surface area contributed by atoms with Crippen LogP contribution in [0, 0.1) is 5.92 Å². The maximum atomic E-state index is 11.9. The van der Waals surface area contributed by atoms with E-state index < -0.39 is 0 Å². The normalized spacial score (nSPS) is 10.8. The third-order valence-corrected chi connectivity index (χ3v) is 3.60. The Labute approximate surface area is 161 Å². The molecule has 0 aromatic heterocycles. The molecule has 0 heterocycles. The highest BCUT2D eigenvalue weighted by Crippen LogP contribution is 2.28. The zero-order valence-corrected chi connectivity index (χ0v) is 16.1. The minimum Gasteiger partial charge on any atom is -0.493 e. The van der Waals surface area contributed by atoms with Crippen LogP contribution in [0.25, 0.3) is 6.08 Å². The zero-order chi connectivity index (χ0) is 19.5. The molecular weight excluding hydrogens is 342 g/mol. The number of hydrogen-bond donors (Lipinski definition) is 1. The standard InChI is InChI=1S/C22H27NO4/c1-17(2)16-27-20-11-9-18(15-21(20)25-3)10-12-22(24)23-13-14-26-19-7-5-4-6-8-19/h4-12,15,17H,13-14,16H2,1-3H3,(H,23,24)/b12-10+. The van der Waals surface area contributed by atoms with Crippen LogP contribution < -0.4 is 19.5 Å². The van der Waals surface area contributed by atoms with Gasteiger partial charge in [-0.1, -0.05) is 38.1 Å². The first-order valence-electron chi connectivity index (χ1n) is 9.03. The van der Waals surface area contributed by atoms with Gasteiger partial charge in [-0.2, -0.15) is 0 Å². The van der Waals surface area contributed by atoms with Gasteiger partial charge in [0.25, 0.3) is 0 Å². The van der Waals surface area contributed by atoms with Gasteiger partial charge in [0.1, 0.15) is 12.4 Å². The summed E-state index contributed by atoms with van der Waals surface area (Å²) in [6.45, 7) is 5.65. The van der Waals surface area contributed by atoms with Crippen LogP contribution in [0.15, 0.2) is 54.6 Å². The molecular formula is C22H27NO4. The van der Waals surface area contributed by atoms with Gasteiger partial charge < -0.3 is 19.5 Å². The van der Waals surface area contributed by atoms with Crippen molar-refractivity contribution in [3.63, 3.8) is 0 Å². The van der Waals surface area contributed by atoms with Crippen LogP contribution in [-0.2, 0) is 4.79 Å². The molecule has 5 nitrogen and oxygen atoms in total. The molecule has 0 fully saturated rings. The third kappa shape index (κ3) is 7.44. The lowest BCUT2D eigenvalue weighted by Crippen LogP contribution is -2.26. The van der Waals surface area contributed by atoms with Gasteiger partial charge in [-0.15, -0.1) is 0 Å². The third-order valence-electron chi connectivity index (χ3n) is 3.60. The summed E-state index contributed by atoms with van der Waals surface area (Å²) >= 11 is 0. The number of amides is 1. The highest BCUT2D eigenvalue weighted by atomic mass is 16.5. The Bertz CT molecular complexity index is 741. The van der Waals surface area contributed by atoms with Crippen LogP contribution in [0.5, 0.6) is 17.2 Å². The molecule has 0 atom stereocenters. The van der Waals surface area contributed by atoms with Crippen molar-refractivity contribution in [2.24, 2.45) is 5.92 Å². The van der Waals surface area contributed by atoms with Crippen LogP contribution in [0.2, 0.25) is 0 Å². The van der Waals surface area contributed by atoms with E-state index in [1.165, 1.54) is 6.08 Å². The second kappa shape index (κ2) is 10.9. The number of para-hydroxylation sites is 1. The van der Waals surface area contributed by atoms with Gasteiger partial charge in [-0.3, -0.25) is 4.79 Å². The molecule has 1 amide bonds. The van der Waals surface area contributed by atoms with Crippen molar-refractivity contribution in [1.82, 2.24) is 5.32 Å². The molecule has 0 aliphatic heterocycles. The van der Waals surface area contributed by atoms with E-state index in [0.717, 1.165) is 11.3 Å². The number of benzene rings is 2. The van der Waals surface area contributed by atoms with Crippen molar-refractivity contribution in [2.75, 3.05) is 26.9 Å². The molecule has 0 aliphatic rings. The summed E-state index contributed by atoms with van der Waals surface area (Å²) in [5.74, 6) is 2.39. The monoisotopic (exact) mass is 369 g/mol. The second-order valence-electron chi connectivity index (χ2n) is 6.40. The molecule has 0 spiro atoms. The highest BCUT2D eigenvalue weighted by molar-refractivity contribution is 5.91. The Balaban J connectivity index is 1.80. The molecule has 0 saturated carbocycles. The van der Waals surface area contributed by atoms with E-state index in [1.54, 1.807) is 13.2 Å². The SMILES string of the molecule is COc1cc(/C=C/C(=O)NCCOc2ccccc2)ccc1OCC(C)C. The fourth-order valence-electron chi connectivity index (χ4n) is 2.25. The summed E-state index contributed by atoms with van der Waals surface area (Å²) in [5, 5.41) is 2.79. The van der Waals surface area contributed by atoms with Crippen molar-refractivity contribution in [1.29, 1.82) is 0 Å². The molecule has 2 rings (SSSR count). The molecule has 1 N–H and O–H groups in total. The Morgan fingerprint density at radius 1 is 1.07 bits per heavy atom. The molecule has 144 valence electrons. The maximum absolute atomic E-state index is 11.9. The summed E-state index contributed by atoms with van der Waals surface area (Å²) in [6, 6.07) is 15.1. The molecule has 0 unspecified atom stereocenters. The fraction of sp³-hybridized carbons (Fsp3) is 0.318. The molecule has 0 bridgehead atoms. The van der Waals surface area contributed by atoms with Gasteiger partial charge in [-0.05, 0) is 41.8 Å². The molecule has 0 aliphatic carbocycles. The number of rotatable bonds is 10. The van der Waals surface area contributed by atoms with Crippen LogP contribution >= 0.6 is 0 Å². The minimum absolute atomic E-state index is 0.175. The Morgan fingerprint density at radius 2 is 1.85 bits per heavy atom. The Morgan fingerprint density at radius 3 is 2.56 bits per heavy atom. The van der Waals surface area contributed by atoms with Gasteiger partial charge in [0.15, 0.2) is 11.5 Å². The van der Waals surface area contributed by atoms with Crippen molar-refractivity contribution in [2.45, 2.75) is 13.8 Å². The molecule has 0 radical (unpaired) electrons. The molecule has 2 aromatic rings. The minimum atomic E-state index is -0.175. The van der Waals surface area contributed by atoms with Gasteiger partial charge in [0, 0.05) is 6.08 Å². The van der Waals surface area contributed by atoms with Crippen molar-refractivity contribution in [3.8, 4) is 17.2 Å². The fourth-order valence-corrected chi connectivity index (χ4v) is 2.25. The predicted molar refractivity (Wildman–Crippen MR) is 107 cm³/mol. The maximum Gasteiger partial charge on any atom is 0.244 e. The zero-order valence-electron chi connectivity index (χ0n) is 16.1. The van der Waals surface area contributed by atoms with Crippen molar-refractivity contribution < 1.29 is 19.0 Å². The van der Waals surface area contributed by atoms with E-state index in [9.17, 15) is 4.79 Å². The summed E-state index contributed by atoms with van der Waals surface area (Å²) in [6.07, 6.45) is 3.23. The van der Waals surface area contributed by atoms with Crippen LogP contribution in [0.1, 0.15) is 19.4 Å². The van der Waals surface area contributed by atoms with Crippen molar-refractivity contribution in [3.05, 3.63) is 60.2 Å². The van der Waals surface area contributed by atoms with E-state index in [1.807, 2.05) is 48.5 Å². The van der Waals surface area contributed by atoms with Crippen LogP contribution in [-0.4, -0.2) is 32.8 Å². The van der Waals surface area contributed by atoms with E-state index in [-0.39, 0.29) is 5.91 Å². The average Bonchev–Trinajstić information content (AvgIpc) is 2.69. The van der Waals surface area contributed by atoms with Gasteiger partial charge in [0.2, 0.25) is 5.91 Å². The highest BCUT2D eigenvalue weighted by Gasteiger charge is 2.06. The van der Waals surface area contributed by atoms with Gasteiger partial charge in [-0.25, -0.2) is 0 Å². The second-order valence-corrected chi connectivity index (χ2v) is 6.40. The lowest BCUT2D eigenvalue weighted by molar-refractivity contribution is -0.116. The van der Waals surface area contributed by atoms with Gasteiger partial charge >= 0.3 is 0 Å². The van der Waals surface area contributed by atoms with E-state index in [0.29, 0.717) is 37.2 Å². The number of ether oxygens (including phenoxy) is 3. The molecule has 27 heavy (non-hydrogen) atoms. The van der Waals surface area contributed by atoms with E-state index >= 15 is 0 Å². The quantitative estimate of drug-likeness (QED) is 0.509. The number of carbonyl (C=O) groups is 1. The van der Waals surface area contributed by atoms with Crippen molar-refractivity contribution >= 4 is 12.0 Å². The van der Waals surface area contributed by atoms with Gasteiger partial charge in [0.05, 0.1) is 20.3 Å². The van der Waals surface area contributed by atoms with E-state index in [4.69, 9.17) is 14.2 Å². The number of hydrogen-bond acceptors (Lipinski definition) is 4. The average molecular weight is 369 g/mol. The lowest BCUT2D eigenvalue weighted by atomic mass is 10.2. The number of carbonyl (C=O) groups excluding carboxylic acids is 1. The first-order valence-corrected chi connectivity index (χ1v) is 9.03.